The number of urea groups is 1. The van der Waals surface area contributed by atoms with Gasteiger partial charge in [0.05, 0.1) is 22.2 Å². The van der Waals surface area contributed by atoms with Gasteiger partial charge in [-0.3, -0.25) is 9.69 Å². The topological polar surface area (TPSA) is 90.0 Å². The molecule has 2 saturated heterocycles. The Labute approximate surface area is 183 Å². The number of hydrogen-bond acceptors (Lipinski definition) is 5. The van der Waals surface area contributed by atoms with Crippen molar-refractivity contribution in [1.82, 2.24) is 19.4 Å². The lowest BCUT2D eigenvalue weighted by Gasteiger charge is -2.35. The predicted octanol–water partition coefficient (Wildman–Crippen LogP) is 2.34. The van der Waals surface area contributed by atoms with E-state index < -0.39 is 43.8 Å². The highest BCUT2D eigenvalue weighted by Gasteiger charge is 2.39. The van der Waals surface area contributed by atoms with Crippen molar-refractivity contribution in [3.63, 3.8) is 0 Å². The monoisotopic (exact) mass is 482 g/mol. The summed E-state index contributed by atoms with van der Waals surface area (Å²) in [5.41, 5.74) is -1.21. The van der Waals surface area contributed by atoms with Crippen LogP contribution in [0, 0.1) is 0 Å². The molecule has 1 N–H and O–H groups in total. The number of halogens is 4. The Kier molecular flexibility index (Phi) is 6.84. The van der Waals surface area contributed by atoms with Crippen LogP contribution in [0.5, 0.6) is 0 Å². The fraction of sp³-hybridized carbons (Fsp3) is 0.556. The number of carbonyl (C=O) groups is 2. The van der Waals surface area contributed by atoms with Crippen LogP contribution in [0.2, 0.25) is 5.02 Å². The van der Waals surface area contributed by atoms with Crippen molar-refractivity contribution in [1.29, 1.82) is 0 Å². The number of benzene rings is 1. The van der Waals surface area contributed by atoms with E-state index in [1.54, 1.807) is 4.90 Å². The molecule has 0 bridgehead atoms. The fourth-order valence-electron chi connectivity index (χ4n) is 3.54. The second-order valence-corrected chi connectivity index (χ2v) is 9.71. The second kappa shape index (κ2) is 8.93. The Bertz CT molecular complexity index is 965. The molecule has 2 heterocycles. The largest absolute Gasteiger partial charge is 0.417 e. The molecule has 1 aromatic rings. The third-order valence-electron chi connectivity index (χ3n) is 5.24. The van der Waals surface area contributed by atoms with E-state index in [0.717, 1.165) is 27.8 Å². The molecule has 3 rings (SSSR count). The van der Waals surface area contributed by atoms with Crippen LogP contribution in [0.15, 0.2) is 23.1 Å². The van der Waals surface area contributed by atoms with Crippen molar-refractivity contribution in [2.45, 2.75) is 36.9 Å². The molecule has 2 fully saturated rings. The number of sulfonamides is 1. The van der Waals surface area contributed by atoms with Crippen molar-refractivity contribution in [3.8, 4) is 0 Å². The average Bonchev–Trinajstić information content (AvgIpc) is 2.95. The number of rotatable bonds is 6. The summed E-state index contributed by atoms with van der Waals surface area (Å²) in [5, 5.41) is 2.04. The number of hydrogen-bond donors (Lipinski definition) is 1. The van der Waals surface area contributed by atoms with E-state index >= 15 is 0 Å². The Morgan fingerprint density at radius 3 is 2.39 bits per heavy atom. The summed E-state index contributed by atoms with van der Waals surface area (Å²) in [5.74, 6) is -0.317. The van der Waals surface area contributed by atoms with Crippen molar-refractivity contribution < 1.29 is 31.2 Å². The van der Waals surface area contributed by atoms with E-state index in [9.17, 15) is 31.2 Å². The van der Waals surface area contributed by atoms with Gasteiger partial charge in [-0.2, -0.15) is 17.5 Å². The Morgan fingerprint density at radius 2 is 1.81 bits per heavy atom. The Morgan fingerprint density at radius 1 is 1.16 bits per heavy atom. The molecular weight excluding hydrogens is 461 g/mol. The van der Waals surface area contributed by atoms with Crippen LogP contribution in [-0.4, -0.2) is 73.4 Å². The molecule has 13 heteroatoms. The maximum atomic E-state index is 13.1. The lowest BCUT2D eigenvalue weighted by molar-refractivity contribution is -0.137. The third kappa shape index (κ3) is 4.97. The summed E-state index contributed by atoms with van der Waals surface area (Å²) in [6.07, 6.45) is -3.50. The van der Waals surface area contributed by atoms with E-state index in [2.05, 4.69) is 5.32 Å². The third-order valence-corrected chi connectivity index (χ3v) is 7.46. The molecule has 2 aliphatic heterocycles. The molecule has 31 heavy (non-hydrogen) atoms. The first kappa shape index (κ1) is 23.8. The summed E-state index contributed by atoms with van der Waals surface area (Å²) in [4.78, 5) is 26.7. The molecule has 0 radical (unpaired) electrons. The molecule has 0 aromatic heterocycles. The van der Waals surface area contributed by atoms with Crippen LogP contribution in [0.25, 0.3) is 0 Å². The molecule has 8 nitrogen and oxygen atoms in total. The Hall–Kier alpha value is -1.89. The maximum Gasteiger partial charge on any atom is 0.417 e. The van der Waals surface area contributed by atoms with Gasteiger partial charge in [-0.05, 0) is 24.6 Å². The molecule has 2 aliphatic rings. The first-order valence-electron chi connectivity index (χ1n) is 9.66. The fourth-order valence-corrected chi connectivity index (χ4v) is 5.21. The molecular formula is C18H22ClF3N4O4S. The molecule has 172 valence electrons. The first-order valence-corrected chi connectivity index (χ1v) is 11.5. The number of alkyl halides is 3. The number of amides is 3. The molecule has 0 aliphatic carbocycles. The molecule has 1 atom stereocenters. The van der Waals surface area contributed by atoms with E-state index in [4.69, 9.17) is 11.6 Å². The van der Waals surface area contributed by atoms with Crippen LogP contribution in [0.1, 0.15) is 25.3 Å². The van der Waals surface area contributed by atoms with Gasteiger partial charge in [0.2, 0.25) is 10.0 Å². The van der Waals surface area contributed by atoms with Crippen molar-refractivity contribution in [2.75, 3.05) is 32.8 Å². The van der Waals surface area contributed by atoms with Gasteiger partial charge in [0.1, 0.15) is 6.04 Å². The van der Waals surface area contributed by atoms with Crippen LogP contribution in [0.4, 0.5) is 18.0 Å². The number of imide groups is 1. The standard InChI is InChI=1S/C18H22ClF3N4O4S/c1-2-3-15-16(27)26(17(28)23-15)11-24-6-8-25(9-7-24)31(29,30)12-4-5-14(19)13(10-12)18(20,21)22/h4-5,10,15H,2-3,6-9,11H2,1H3,(H,23,28). The van der Waals surface area contributed by atoms with Crippen LogP contribution in [0.3, 0.4) is 0 Å². The van der Waals surface area contributed by atoms with Gasteiger partial charge in [0, 0.05) is 26.2 Å². The summed E-state index contributed by atoms with van der Waals surface area (Å²) < 4.78 is 66.0. The maximum absolute atomic E-state index is 13.1. The second-order valence-electron chi connectivity index (χ2n) is 7.36. The smallest absolute Gasteiger partial charge is 0.326 e. The minimum absolute atomic E-state index is 0.00828. The van der Waals surface area contributed by atoms with Gasteiger partial charge < -0.3 is 5.32 Å². The van der Waals surface area contributed by atoms with Gasteiger partial charge in [-0.15, -0.1) is 0 Å². The zero-order valence-corrected chi connectivity index (χ0v) is 18.2. The summed E-state index contributed by atoms with van der Waals surface area (Å²) in [6.45, 7) is 2.38. The van der Waals surface area contributed by atoms with Crippen LogP contribution >= 0.6 is 11.6 Å². The quantitative estimate of drug-likeness (QED) is 0.629. The van der Waals surface area contributed by atoms with Crippen molar-refractivity contribution in [2.24, 2.45) is 0 Å². The van der Waals surface area contributed by atoms with Crippen LogP contribution in [-0.2, 0) is 21.0 Å². The Balaban J connectivity index is 1.66. The SMILES string of the molecule is CCCC1NC(=O)N(CN2CCN(S(=O)(=O)c3ccc(Cl)c(C(F)(F)F)c3)CC2)C1=O. The van der Waals surface area contributed by atoms with E-state index in [-0.39, 0.29) is 38.8 Å². The van der Waals surface area contributed by atoms with Gasteiger partial charge in [0.25, 0.3) is 5.91 Å². The molecule has 0 spiro atoms. The van der Waals surface area contributed by atoms with Gasteiger partial charge in [-0.1, -0.05) is 24.9 Å². The van der Waals surface area contributed by atoms with Gasteiger partial charge >= 0.3 is 12.2 Å². The number of carbonyl (C=O) groups excluding carboxylic acids is 2. The average molecular weight is 483 g/mol. The number of nitrogens with one attached hydrogen (secondary N) is 1. The lowest BCUT2D eigenvalue weighted by Crippen LogP contribution is -2.52. The van der Waals surface area contributed by atoms with Crippen LogP contribution < -0.4 is 5.32 Å². The van der Waals surface area contributed by atoms with Gasteiger partial charge in [-0.25, -0.2) is 18.1 Å². The molecule has 1 unspecified atom stereocenters. The highest BCUT2D eigenvalue weighted by molar-refractivity contribution is 7.89. The molecule has 1 aromatic carbocycles. The molecule has 3 amide bonds. The van der Waals surface area contributed by atoms with Gasteiger partial charge in [0.15, 0.2) is 0 Å². The summed E-state index contributed by atoms with van der Waals surface area (Å²) in [7, 11) is -4.16. The number of nitrogens with zero attached hydrogens (tertiary/aromatic N) is 3. The predicted molar refractivity (Wildman–Crippen MR) is 106 cm³/mol. The minimum Gasteiger partial charge on any atom is -0.326 e. The first-order chi connectivity index (χ1) is 14.4. The van der Waals surface area contributed by atoms with E-state index in [0.29, 0.717) is 12.5 Å². The zero-order valence-electron chi connectivity index (χ0n) is 16.7. The summed E-state index contributed by atoms with van der Waals surface area (Å²) in [6, 6.07) is 1.45. The van der Waals surface area contributed by atoms with Crippen molar-refractivity contribution >= 4 is 33.6 Å². The normalized spacial score (nSPS) is 21.6. The highest BCUT2D eigenvalue weighted by atomic mass is 35.5. The van der Waals surface area contributed by atoms with Crippen molar-refractivity contribution in [3.05, 3.63) is 28.8 Å². The molecule has 0 saturated carbocycles. The number of piperazine rings is 1. The van der Waals surface area contributed by atoms with E-state index in [1.165, 1.54) is 0 Å². The lowest BCUT2D eigenvalue weighted by atomic mass is 10.2. The zero-order chi connectivity index (χ0) is 23.0. The van der Waals surface area contributed by atoms with E-state index in [1.807, 2.05) is 6.92 Å². The summed E-state index contributed by atoms with van der Waals surface area (Å²) >= 11 is 5.57. The highest BCUT2D eigenvalue weighted by Crippen LogP contribution is 2.36. The minimum atomic E-state index is -4.78.